The lowest BCUT2D eigenvalue weighted by Crippen LogP contribution is -2.28. The van der Waals surface area contributed by atoms with E-state index in [1.807, 2.05) is 6.08 Å². The maximum Gasteiger partial charge on any atom is 0.0692 e. The molecule has 82 valence electrons. The van der Waals surface area contributed by atoms with E-state index in [1.165, 1.54) is 19.3 Å². The lowest BCUT2D eigenvalue weighted by Gasteiger charge is -2.37. The van der Waals surface area contributed by atoms with Gasteiger partial charge in [0.05, 0.1) is 6.10 Å². The number of hydrogen-bond donors (Lipinski definition) is 1. The predicted octanol–water partition coefficient (Wildman–Crippen LogP) is 3.53. The minimum atomic E-state index is -0.303. The van der Waals surface area contributed by atoms with Crippen LogP contribution in [-0.4, -0.2) is 11.2 Å². The van der Waals surface area contributed by atoms with Crippen molar-refractivity contribution in [3.8, 4) is 0 Å². The standard InChI is InChI=1S/C13H24O/c1-11(14)7-5-9-13(4)10-6-8-12(13,2)3/h5,7,11,14H,6,8-10H2,1-4H3/b7-5+. The zero-order valence-electron chi connectivity index (χ0n) is 10.0. The number of aliphatic hydroxyl groups excluding tert-OH is 1. The van der Waals surface area contributed by atoms with Crippen LogP contribution < -0.4 is 0 Å². The molecule has 1 fully saturated rings. The quantitative estimate of drug-likeness (QED) is 0.685. The Morgan fingerprint density at radius 3 is 2.36 bits per heavy atom. The molecule has 0 aliphatic heterocycles. The third-order valence-corrected chi connectivity index (χ3v) is 4.15. The molecule has 1 aliphatic rings. The molecule has 0 spiro atoms. The number of hydrogen-bond acceptors (Lipinski definition) is 1. The maximum absolute atomic E-state index is 9.15. The summed E-state index contributed by atoms with van der Waals surface area (Å²) in [7, 11) is 0. The molecule has 0 amide bonds. The monoisotopic (exact) mass is 196 g/mol. The van der Waals surface area contributed by atoms with Crippen LogP contribution in [-0.2, 0) is 0 Å². The molecule has 0 aromatic heterocycles. The van der Waals surface area contributed by atoms with Gasteiger partial charge in [0.1, 0.15) is 0 Å². The first kappa shape index (κ1) is 11.8. The molecule has 1 rings (SSSR count). The van der Waals surface area contributed by atoms with Gasteiger partial charge >= 0.3 is 0 Å². The highest BCUT2D eigenvalue weighted by molar-refractivity contribution is 5.00. The molecule has 0 bridgehead atoms. The van der Waals surface area contributed by atoms with E-state index in [2.05, 4.69) is 26.8 Å². The van der Waals surface area contributed by atoms with Crippen LogP contribution in [0, 0.1) is 10.8 Å². The van der Waals surface area contributed by atoms with Crippen LogP contribution in [0.2, 0.25) is 0 Å². The molecular formula is C13H24O. The van der Waals surface area contributed by atoms with Crippen LogP contribution >= 0.6 is 0 Å². The fourth-order valence-corrected chi connectivity index (χ4v) is 2.46. The minimum absolute atomic E-state index is 0.303. The van der Waals surface area contributed by atoms with E-state index >= 15 is 0 Å². The zero-order valence-corrected chi connectivity index (χ0v) is 10.0. The first-order chi connectivity index (χ1) is 6.37. The van der Waals surface area contributed by atoms with Gasteiger partial charge in [-0.3, -0.25) is 0 Å². The summed E-state index contributed by atoms with van der Waals surface area (Å²) in [6, 6.07) is 0. The highest BCUT2D eigenvalue weighted by Gasteiger charge is 2.43. The minimum Gasteiger partial charge on any atom is -0.389 e. The second kappa shape index (κ2) is 4.06. The molecule has 0 aromatic carbocycles. The topological polar surface area (TPSA) is 20.2 Å². The summed E-state index contributed by atoms with van der Waals surface area (Å²) in [6.07, 6.45) is 8.87. The van der Waals surface area contributed by atoms with E-state index in [0.717, 1.165) is 6.42 Å². The van der Waals surface area contributed by atoms with E-state index in [0.29, 0.717) is 10.8 Å². The van der Waals surface area contributed by atoms with Crippen molar-refractivity contribution in [2.24, 2.45) is 10.8 Å². The Morgan fingerprint density at radius 2 is 1.93 bits per heavy atom. The molecule has 0 radical (unpaired) electrons. The van der Waals surface area contributed by atoms with Gasteiger partial charge in [0.25, 0.3) is 0 Å². The third kappa shape index (κ3) is 2.38. The van der Waals surface area contributed by atoms with Gasteiger partial charge in [-0.1, -0.05) is 39.3 Å². The molecule has 1 aliphatic carbocycles. The van der Waals surface area contributed by atoms with Crippen molar-refractivity contribution in [1.82, 2.24) is 0 Å². The van der Waals surface area contributed by atoms with Crippen molar-refractivity contribution < 1.29 is 5.11 Å². The number of allylic oxidation sites excluding steroid dienone is 1. The fourth-order valence-electron chi connectivity index (χ4n) is 2.46. The number of rotatable bonds is 3. The van der Waals surface area contributed by atoms with E-state index in [4.69, 9.17) is 5.11 Å². The van der Waals surface area contributed by atoms with E-state index in [1.54, 1.807) is 6.92 Å². The lowest BCUT2D eigenvalue weighted by atomic mass is 9.67. The van der Waals surface area contributed by atoms with Gasteiger partial charge in [0, 0.05) is 0 Å². The van der Waals surface area contributed by atoms with Crippen LogP contribution in [0.3, 0.4) is 0 Å². The number of aliphatic hydroxyl groups is 1. The molecule has 1 nitrogen and oxygen atoms in total. The first-order valence-electron chi connectivity index (χ1n) is 5.72. The molecule has 1 N–H and O–H groups in total. The summed E-state index contributed by atoms with van der Waals surface area (Å²) in [5.74, 6) is 0. The van der Waals surface area contributed by atoms with E-state index < -0.39 is 0 Å². The molecule has 2 unspecified atom stereocenters. The second-order valence-electron chi connectivity index (χ2n) is 5.67. The van der Waals surface area contributed by atoms with E-state index in [-0.39, 0.29) is 6.10 Å². The molecule has 14 heavy (non-hydrogen) atoms. The highest BCUT2D eigenvalue weighted by atomic mass is 16.3. The summed E-state index contributed by atoms with van der Waals surface area (Å²) in [5, 5.41) is 9.15. The zero-order chi connectivity index (χ0) is 10.8. The smallest absolute Gasteiger partial charge is 0.0692 e. The molecule has 0 saturated heterocycles. The van der Waals surface area contributed by atoms with Gasteiger partial charge in [-0.2, -0.15) is 0 Å². The fraction of sp³-hybridized carbons (Fsp3) is 0.846. The van der Waals surface area contributed by atoms with Crippen molar-refractivity contribution in [2.45, 2.75) is 59.5 Å². The molecule has 1 saturated carbocycles. The Labute approximate surface area is 88.2 Å². The highest BCUT2D eigenvalue weighted by Crippen LogP contribution is 2.54. The Hall–Kier alpha value is -0.300. The molecule has 2 atom stereocenters. The average molecular weight is 196 g/mol. The SMILES string of the molecule is CC(O)/C=C/CC1(C)CCCC1(C)C. The van der Waals surface area contributed by atoms with E-state index in [9.17, 15) is 0 Å². The van der Waals surface area contributed by atoms with Crippen LogP contribution in [0.25, 0.3) is 0 Å². The normalized spacial score (nSPS) is 33.8. The average Bonchev–Trinajstić information content (AvgIpc) is 2.26. The summed E-state index contributed by atoms with van der Waals surface area (Å²) >= 11 is 0. The van der Waals surface area contributed by atoms with Gasteiger partial charge in [0.2, 0.25) is 0 Å². The van der Waals surface area contributed by atoms with Crippen LogP contribution in [0.1, 0.15) is 53.4 Å². The third-order valence-electron chi connectivity index (χ3n) is 4.15. The summed E-state index contributed by atoms with van der Waals surface area (Å²) in [5.41, 5.74) is 0.883. The van der Waals surface area contributed by atoms with Gasteiger partial charge in [-0.15, -0.1) is 0 Å². The first-order valence-corrected chi connectivity index (χ1v) is 5.72. The van der Waals surface area contributed by atoms with Crippen molar-refractivity contribution in [2.75, 3.05) is 0 Å². The summed E-state index contributed by atoms with van der Waals surface area (Å²) in [4.78, 5) is 0. The van der Waals surface area contributed by atoms with Gasteiger partial charge < -0.3 is 5.11 Å². The van der Waals surface area contributed by atoms with Crippen molar-refractivity contribution in [3.05, 3.63) is 12.2 Å². The molecule has 1 heteroatoms. The summed E-state index contributed by atoms with van der Waals surface area (Å²) < 4.78 is 0. The van der Waals surface area contributed by atoms with Crippen molar-refractivity contribution >= 4 is 0 Å². The Balaban J connectivity index is 2.58. The van der Waals surface area contributed by atoms with Crippen molar-refractivity contribution in [3.63, 3.8) is 0 Å². The molecule has 0 heterocycles. The van der Waals surface area contributed by atoms with Crippen molar-refractivity contribution in [1.29, 1.82) is 0 Å². The Bertz CT molecular complexity index is 215. The molecule has 0 aromatic rings. The molecular weight excluding hydrogens is 172 g/mol. The van der Waals surface area contributed by atoms with Crippen LogP contribution in [0.4, 0.5) is 0 Å². The van der Waals surface area contributed by atoms with Gasteiger partial charge in [-0.05, 0) is 37.0 Å². The maximum atomic E-state index is 9.15. The Kier molecular flexibility index (Phi) is 3.41. The largest absolute Gasteiger partial charge is 0.389 e. The van der Waals surface area contributed by atoms with Gasteiger partial charge in [0.15, 0.2) is 0 Å². The van der Waals surface area contributed by atoms with Gasteiger partial charge in [-0.25, -0.2) is 0 Å². The summed E-state index contributed by atoms with van der Waals surface area (Å²) in [6.45, 7) is 8.93. The predicted molar refractivity (Wildman–Crippen MR) is 61.2 cm³/mol. The van der Waals surface area contributed by atoms with Crippen LogP contribution in [0.15, 0.2) is 12.2 Å². The van der Waals surface area contributed by atoms with Crippen LogP contribution in [0.5, 0.6) is 0 Å². The Morgan fingerprint density at radius 1 is 1.29 bits per heavy atom. The lowest BCUT2D eigenvalue weighted by molar-refractivity contribution is 0.135. The second-order valence-corrected chi connectivity index (χ2v) is 5.67.